The standard InChI is InChI=1S/C12H22N2OS/c1-4-7-13-8-10-9-14-12(16-10)11(5-2)15-6-3/h9,11,13H,4-8H2,1-3H3. The number of nitrogens with one attached hydrogen (secondary N) is 1. The van der Waals surface area contributed by atoms with Gasteiger partial charge in [-0.25, -0.2) is 4.98 Å². The molecule has 1 aromatic rings. The number of hydrogen-bond donors (Lipinski definition) is 1. The van der Waals surface area contributed by atoms with Gasteiger partial charge in [-0.3, -0.25) is 0 Å². The number of ether oxygens (including phenoxy) is 1. The monoisotopic (exact) mass is 242 g/mol. The Morgan fingerprint density at radius 1 is 1.44 bits per heavy atom. The molecule has 1 aromatic heterocycles. The summed E-state index contributed by atoms with van der Waals surface area (Å²) in [5.74, 6) is 0. The molecule has 92 valence electrons. The number of thiazole rings is 1. The number of hydrogen-bond acceptors (Lipinski definition) is 4. The molecule has 1 heterocycles. The van der Waals surface area contributed by atoms with Crippen molar-refractivity contribution in [2.45, 2.75) is 46.3 Å². The molecule has 0 aliphatic carbocycles. The maximum Gasteiger partial charge on any atom is 0.122 e. The summed E-state index contributed by atoms with van der Waals surface area (Å²) in [6.45, 7) is 9.08. The topological polar surface area (TPSA) is 34.2 Å². The van der Waals surface area contributed by atoms with Crippen LogP contribution >= 0.6 is 11.3 Å². The van der Waals surface area contributed by atoms with E-state index in [4.69, 9.17) is 4.74 Å². The number of rotatable bonds is 8. The van der Waals surface area contributed by atoms with Crippen molar-refractivity contribution in [3.05, 3.63) is 16.1 Å². The van der Waals surface area contributed by atoms with Crippen molar-refractivity contribution in [1.29, 1.82) is 0 Å². The van der Waals surface area contributed by atoms with Crippen LogP contribution in [-0.2, 0) is 11.3 Å². The van der Waals surface area contributed by atoms with Crippen LogP contribution in [0.15, 0.2) is 6.20 Å². The lowest BCUT2D eigenvalue weighted by molar-refractivity contribution is 0.0596. The molecule has 0 bridgehead atoms. The highest BCUT2D eigenvalue weighted by Gasteiger charge is 2.13. The lowest BCUT2D eigenvalue weighted by Gasteiger charge is -2.11. The zero-order valence-corrected chi connectivity index (χ0v) is 11.3. The zero-order valence-electron chi connectivity index (χ0n) is 10.5. The molecule has 1 unspecified atom stereocenters. The molecule has 16 heavy (non-hydrogen) atoms. The first kappa shape index (κ1) is 13.6. The molecular weight excluding hydrogens is 220 g/mol. The van der Waals surface area contributed by atoms with Gasteiger partial charge in [0.05, 0.1) is 0 Å². The molecule has 0 saturated carbocycles. The van der Waals surface area contributed by atoms with E-state index >= 15 is 0 Å². The molecule has 1 N–H and O–H groups in total. The quantitative estimate of drug-likeness (QED) is 0.711. The third-order valence-electron chi connectivity index (χ3n) is 2.31. The van der Waals surface area contributed by atoms with E-state index in [0.29, 0.717) is 0 Å². The van der Waals surface area contributed by atoms with Gasteiger partial charge in [0.25, 0.3) is 0 Å². The van der Waals surface area contributed by atoms with Gasteiger partial charge in [-0.05, 0) is 26.3 Å². The molecule has 1 atom stereocenters. The van der Waals surface area contributed by atoms with Gasteiger partial charge in [-0.15, -0.1) is 11.3 Å². The molecule has 1 rings (SSSR count). The van der Waals surface area contributed by atoms with Gasteiger partial charge in [0.1, 0.15) is 11.1 Å². The average Bonchev–Trinajstić information content (AvgIpc) is 2.75. The minimum absolute atomic E-state index is 0.176. The van der Waals surface area contributed by atoms with Crippen LogP contribution in [0.25, 0.3) is 0 Å². The molecule has 0 amide bonds. The van der Waals surface area contributed by atoms with Crippen LogP contribution in [0.4, 0.5) is 0 Å². The van der Waals surface area contributed by atoms with Crippen LogP contribution in [0.3, 0.4) is 0 Å². The van der Waals surface area contributed by atoms with Crippen LogP contribution in [0.5, 0.6) is 0 Å². The largest absolute Gasteiger partial charge is 0.371 e. The highest BCUT2D eigenvalue weighted by atomic mass is 32.1. The summed E-state index contributed by atoms with van der Waals surface area (Å²) in [4.78, 5) is 5.73. The highest BCUT2D eigenvalue weighted by Crippen LogP contribution is 2.25. The Balaban J connectivity index is 2.48. The van der Waals surface area contributed by atoms with E-state index < -0.39 is 0 Å². The molecular formula is C12H22N2OS. The maximum atomic E-state index is 5.64. The summed E-state index contributed by atoms with van der Waals surface area (Å²) in [5.41, 5.74) is 0. The zero-order chi connectivity index (χ0) is 11.8. The molecule has 0 fully saturated rings. The molecule has 0 spiro atoms. The third kappa shape index (κ3) is 4.20. The van der Waals surface area contributed by atoms with Gasteiger partial charge in [0.2, 0.25) is 0 Å². The second kappa shape index (κ2) is 7.76. The normalized spacial score (nSPS) is 12.9. The van der Waals surface area contributed by atoms with E-state index in [-0.39, 0.29) is 6.10 Å². The van der Waals surface area contributed by atoms with Crippen LogP contribution in [-0.4, -0.2) is 18.1 Å². The van der Waals surface area contributed by atoms with Crippen LogP contribution in [0.2, 0.25) is 0 Å². The van der Waals surface area contributed by atoms with Gasteiger partial charge in [0.15, 0.2) is 0 Å². The van der Waals surface area contributed by atoms with Gasteiger partial charge in [-0.2, -0.15) is 0 Å². The number of aromatic nitrogens is 1. The summed E-state index contributed by atoms with van der Waals surface area (Å²) in [6, 6.07) is 0. The molecule has 3 nitrogen and oxygen atoms in total. The third-order valence-corrected chi connectivity index (χ3v) is 3.40. The van der Waals surface area contributed by atoms with Gasteiger partial charge in [0, 0.05) is 24.2 Å². The highest BCUT2D eigenvalue weighted by molar-refractivity contribution is 7.11. The maximum absolute atomic E-state index is 5.64. The van der Waals surface area contributed by atoms with Crippen LogP contribution in [0.1, 0.15) is 49.6 Å². The molecule has 0 aliphatic rings. The first-order chi connectivity index (χ1) is 7.81. The summed E-state index contributed by atoms with van der Waals surface area (Å²) in [6.07, 6.45) is 4.30. The van der Waals surface area contributed by atoms with E-state index in [2.05, 4.69) is 24.1 Å². The van der Waals surface area contributed by atoms with Gasteiger partial charge < -0.3 is 10.1 Å². The SMILES string of the molecule is CCCNCc1cnc(C(CC)OCC)s1. The second-order valence-electron chi connectivity index (χ2n) is 3.69. The Kier molecular flexibility index (Phi) is 6.61. The van der Waals surface area contributed by atoms with Crippen molar-refractivity contribution in [2.75, 3.05) is 13.2 Å². The fourth-order valence-corrected chi connectivity index (χ4v) is 2.53. The Hall–Kier alpha value is -0.450. The first-order valence-corrected chi connectivity index (χ1v) is 6.90. The van der Waals surface area contributed by atoms with Crippen molar-refractivity contribution in [3.63, 3.8) is 0 Å². The van der Waals surface area contributed by atoms with Crippen molar-refractivity contribution in [1.82, 2.24) is 10.3 Å². The van der Waals surface area contributed by atoms with Crippen LogP contribution in [0, 0.1) is 0 Å². The lowest BCUT2D eigenvalue weighted by Crippen LogP contribution is -2.12. The fourth-order valence-electron chi connectivity index (χ4n) is 1.51. The molecule has 0 radical (unpaired) electrons. The van der Waals surface area contributed by atoms with Crippen molar-refractivity contribution >= 4 is 11.3 Å². The molecule has 4 heteroatoms. The smallest absolute Gasteiger partial charge is 0.122 e. The average molecular weight is 242 g/mol. The van der Waals surface area contributed by atoms with E-state index in [1.807, 2.05) is 13.1 Å². The van der Waals surface area contributed by atoms with Gasteiger partial charge in [-0.1, -0.05) is 13.8 Å². The predicted molar refractivity (Wildman–Crippen MR) is 68.8 cm³/mol. The Morgan fingerprint density at radius 3 is 2.88 bits per heavy atom. The second-order valence-corrected chi connectivity index (χ2v) is 4.84. The predicted octanol–water partition coefficient (Wildman–Crippen LogP) is 3.13. The minimum atomic E-state index is 0.176. The van der Waals surface area contributed by atoms with E-state index in [0.717, 1.165) is 31.1 Å². The molecule has 0 aromatic carbocycles. The lowest BCUT2D eigenvalue weighted by atomic mass is 10.3. The molecule has 0 aliphatic heterocycles. The van der Waals surface area contributed by atoms with E-state index in [1.165, 1.54) is 11.3 Å². The minimum Gasteiger partial charge on any atom is -0.371 e. The van der Waals surface area contributed by atoms with Gasteiger partial charge >= 0.3 is 0 Å². The summed E-state index contributed by atoms with van der Waals surface area (Å²) < 4.78 is 5.64. The van der Waals surface area contributed by atoms with Crippen LogP contribution < -0.4 is 5.32 Å². The summed E-state index contributed by atoms with van der Waals surface area (Å²) >= 11 is 1.76. The fraction of sp³-hybridized carbons (Fsp3) is 0.750. The van der Waals surface area contributed by atoms with E-state index in [9.17, 15) is 0 Å². The van der Waals surface area contributed by atoms with Crippen molar-refractivity contribution < 1.29 is 4.74 Å². The molecule has 0 saturated heterocycles. The Bertz CT molecular complexity index is 288. The summed E-state index contributed by atoms with van der Waals surface area (Å²) in [7, 11) is 0. The van der Waals surface area contributed by atoms with E-state index in [1.54, 1.807) is 11.3 Å². The van der Waals surface area contributed by atoms with Crippen molar-refractivity contribution in [3.8, 4) is 0 Å². The summed E-state index contributed by atoms with van der Waals surface area (Å²) in [5, 5.41) is 4.49. The Labute approximate surface area is 102 Å². The Morgan fingerprint density at radius 2 is 2.25 bits per heavy atom. The number of nitrogens with zero attached hydrogens (tertiary/aromatic N) is 1. The van der Waals surface area contributed by atoms with Crippen molar-refractivity contribution in [2.24, 2.45) is 0 Å². The first-order valence-electron chi connectivity index (χ1n) is 6.08.